The van der Waals surface area contributed by atoms with Gasteiger partial charge in [-0.1, -0.05) is 0 Å². The first-order valence-electron chi connectivity index (χ1n) is 12.6. The molecular weight excluding hydrogens is 435 g/mol. The first-order chi connectivity index (χ1) is 12.6. The maximum atomic E-state index is 2.45. The van der Waals surface area contributed by atoms with Gasteiger partial charge in [-0.05, 0) is 0 Å². The molecule has 0 aliphatic rings. The molecule has 0 unspecified atom stereocenters. The van der Waals surface area contributed by atoms with Crippen LogP contribution in [0.4, 0.5) is 0 Å². The van der Waals surface area contributed by atoms with Crippen LogP contribution in [0.2, 0.25) is 31.4 Å². The van der Waals surface area contributed by atoms with Crippen molar-refractivity contribution in [2.45, 2.75) is 150 Å². The van der Waals surface area contributed by atoms with Gasteiger partial charge in [-0.2, -0.15) is 0 Å². The molecule has 0 spiro atoms. The van der Waals surface area contributed by atoms with Gasteiger partial charge in [-0.25, -0.2) is 0 Å². The average molecular weight is 489 g/mol. The van der Waals surface area contributed by atoms with E-state index in [9.17, 15) is 0 Å². The number of rotatable bonds is 19. The summed E-state index contributed by atoms with van der Waals surface area (Å²) in [7, 11) is 0. The molecule has 0 amide bonds. The van der Waals surface area contributed by atoms with Gasteiger partial charge in [0.2, 0.25) is 0 Å². The van der Waals surface area contributed by atoms with E-state index < -0.39 is 23.2 Å². The Hall–Kier alpha value is 1.02. The van der Waals surface area contributed by atoms with Gasteiger partial charge < -0.3 is 0 Å². The standard InChI is InChI=1S/C12H27Si.3C4H9.Sn/c1-4-7-10-13(11-8-5-2)12-9-6-3;3*1-3-4-2;/h4-12H2,1-3H3;3*1,3-4H2,2H3;. The van der Waals surface area contributed by atoms with Crippen LogP contribution in [0.1, 0.15) is 119 Å². The van der Waals surface area contributed by atoms with Gasteiger partial charge in [0.15, 0.2) is 0 Å². The van der Waals surface area contributed by atoms with Crippen LogP contribution >= 0.6 is 0 Å². The molecule has 0 N–H and O–H groups in total. The molecule has 0 rings (SSSR count). The maximum absolute atomic E-state index is 2.45. The first kappa shape index (κ1) is 27.0. The summed E-state index contributed by atoms with van der Waals surface area (Å²) in [4.78, 5) is 0. The second-order valence-corrected chi connectivity index (χ2v) is 41.0. The van der Waals surface area contributed by atoms with E-state index in [0.717, 1.165) is 0 Å². The summed E-state index contributed by atoms with van der Waals surface area (Å²) in [5, 5.41) is 0. The minimum atomic E-state index is -2.07. The summed E-state index contributed by atoms with van der Waals surface area (Å²) in [5.74, 6) is 0. The van der Waals surface area contributed by atoms with Crippen molar-refractivity contribution < 1.29 is 0 Å². The SMILES string of the molecule is CCCC[Si](CCCC)(CCCC)[Sn]([CH2]CCC)([CH2]CCC)[CH2]CCC. The van der Waals surface area contributed by atoms with E-state index in [1.54, 1.807) is 70.0 Å². The van der Waals surface area contributed by atoms with E-state index in [4.69, 9.17) is 0 Å². The van der Waals surface area contributed by atoms with E-state index in [0.29, 0.717) is 0 Å². The van der Waals surface area contributed by atoms with E-state index in [1.807, 2.05) is 0 Å². The molecule has 0 fully saturated rings. The number of hydrogen-bond acceptors (Lipinski definition) is 0. The molecule has 158 valence electrons. The topological polar surface area (TPSA) is 0 Å². The summed E-state index contributed by atoms with van der Waals surface area (Å²) in [6, 6.07) is 5.20. The fourth-order valence-electron chi connectivity index (χ4n) is 5.43. The first-order valence-corrected chi connectivity index (χ1v) is 25.6. The van der Waals surface area contributed by atoms with Crippen molar-refractivity contribution in [3.05, 3.63) is 0 Å². The molecule has 0 saturated heterocycles. The van der Waals surface area contributed by atoms with Crippen molar-refractivity contribution in [2.24, 2.45) is 0 Å². The van der Waals surface area contributed by atoms with Crippen molar-refractivity contribution in [3.8, 4) is 0 Å². The Morgan fingerprint density at radius 2 is 0.692 bits per heavy atom. The fourth-order valence-corrected chi connectivity index (χ4v) is 58.8. The molecule has 0 aromatic heterocycles. The fraction of sp³-hybridized carbons (Fsp3) is 1.00. The number of unbranched alkanes of at least 4 members (excludes halogenated alkanes) is 6. The Bertz CT molecular complexity index is 229. The Kier molecular flexibility index (Phi) is 17.6. The van der Waals surface area contributed by atoms with Gasteiger partial charge in [0.25, 0.3) is 0 Å². The second kappa shape index (κ2) is 16.9. The molecule has 26 heavy (non-hydrogen) atoms. The molecule has 0 nitrogen and oxygen atoms in total. The summed E-state index contributed by atoms with van der Waals surface area (Å²) in [6.45, 7) is 14.7. The van der Waals surface area contributed by atoms with E-state index in [2.05, 4.69) is 41.5 Å². The third kappa shape index (κ3) is 9.01. The molecule has 0 aromatic carbocycles. The summed E-state index contributed by atoms with van der Waals surface area (Å²) in [5.41, 5.74) is -1.04. The molecule has 2 heteroatoms. The van der Waals surface area contributed by atoms with Gasteiger partial charge in [0, 0.05) is 0 Å². The minimum absolute atomic E-state index is 1.04. The van der Waals surface area contributed by atoms with Crippen LogP contribution in [0.3, 0.4) is 0 Å². The van der Waals surface area contributed by atoms with Crippen LogP contribution in [-0.2, 0) is 0 Å². The summed E-state index contributed by atoms with van der Waals surface area (Å²) < 4.78 is 5.32. The zero-order valence-electron chi connectivity index (χ0n) is 19.7. The molecular formula is C24H54SiSn. The van der Waals surface area contributed by atoms with Gasteiger partial charge in [0.05, 0.1) is 0 Å². The Morgan fingerprint density at radius 1 is 0.423 bits per heavy atom. The van der Waals surface area contributed by atoms with Crippen molar-refractivity contribution >= 4 is 23.2 Å². The van der Waals surface area contributed by atoms with Gasteiger partial charge in [-0.15, -0.1) is 0 Å². The molecule has 0 saturated carbocycles. The molecule has 0 aromatic rings. The van der Waals surface area contributed by atoms with Crippen molar-refractivity contribution in [1.29, 1.82) is 0 Å². The predicted molar refractivity (Wildman–Crippen MR) is 130 cm³/mol. The predicted octanol–water partition coefficient (Wildman–Crippen LogP) is 9.76. The van der Waals surface area contributed by atoms with Crippen LogP contribution in [0.25, 0.3) is 0 Å². The second-order valence-electron chi connectivity index (χ2n) is 9.18. The Balaban J connectivity index is 5.95. The van der Waals surface area contributed by atoms with Crippen LogP contribution in [0.5, 0.6) is 0 Å². The Labute approximate surface area is 172 Å². The van der Waals surface area contributed by atoms with Gasteiger partial charge in [-0.3, -0.25) is 0 Å². The summed E-state index contributed by atoms with van der Waals surface area (Å²) >= 11 is -2.07. The van der Waals surface area contributed by atoms with Crippen LogP contribution in [0, 0.1) is 0 Å². The molecule has 0 aliphatic heterocycles. The monoisotopic (exact) mass is 490 g/mol. The van der Waals surface area contributed by atoms with Crippen molar-refractivity contribution in [1.82, 2.24) is 0 Å². The van der Waals surface area contributed by atoms with E-state index in [-0.39, 0.29) is 0 Å². The summed E-state index contributed by atoms with van der Waals surface area (Å²) in [6.07, 6.45) is 18.0. The van der Waals surface area contributed by atoms with Gasteiger partial charge in [0.1, 0.15) is 0 Å². The Morgan fingerprint density at radius 3 is 0.923 bits per heavy atom. The molecule has 0 bridgehead atoms. The zero-order valence-corrected chi connectivity index (χ0v) is 23.6. The normalized spacial score (nSPS) is 12.7. The third-order valence-electron chi connectivity index (χ3n) is 7.18. The van der Waals surface area contributed by atoms with Crippen LogP contribution in [-0.4, -0.2) is 23.2 Å². The third-order valence-corrected chi connectivity index (χ3v) is 55.3. The quantitative estimate of drug-likeness (QED) is 0.158. The van der Waals surface area contributed by atoms with Gasteiger partial charge >= 0.3 is 173 Å². The van der Waals surface area contributed by atoms with Crippen molar-refractivity contribution in [3.63, 3.8) is 0 Å². The van der Waals surface area contributed by atoms with Crippen LogP contribution in [0.15, 0.2) is 0 Å². The molecule has 0 atom stereocenters. The average Bonchev–Trinajstić information content (AvgIpc) is 2.67. The molecule has 0 aliphatic carbocycles. The van der Waals surface area contributed by atoms with E-state index >= 15 is 0 Å². The van der Waals surface area contributed by atoms with E-state index in [1.165, 1.54) is 38.5 Å². The van der Waals surface area contributed by atoms with Crippen molar-refractivity contribution in [2.75, 3.05) is 0 Å². The molecule has 0 radical (unpaired) electrons. The zero-order chi connectivity index (χ0) is 19.7. The number of hydrogen-bond donors (Lipinski definition) is 0. The molecule has 0 heterocycles. The van der Waals surface area contributed by atoms with Crippen LogP contribution < -0.4 is 0 Å².